The summed E-state index contributed by atoms with van der Waals surface area (Å²) in [5.74, 6) is 0.955. The Bertz CT molecular complexity index is 187. The quantitative estimate of drug-likeness (QED) is 0.677. The second-order valence-corrected chi connectivity index (χ2v) is 4.25. The van der Waals surface area contributed by atoms with Crippen LogP contribution in [0.5, 0.6) is 0 Å². The van der Waals surface area contributed by atoms with Crippen LogP contribution < -0.4 is 11.1 Å². The van der Waals surface area contributed by atoms with Crippen LogP contribution in [0.1, 0.15) is 26.2 Å². The Morgan fingerprint density at radius 2 is 2.47 bits per heavy atom. The highest BCUT2D eigenvalue weighted by atomic mass is 16.5. The molecule has 1 fully saturated rings. The number of carbonyl (C=O) groups excluding carboxylic acids is 1. The highest BCUT2D eigenvalue weighted by Gasteiger charge is 2.17. The summed E-state index contributed by atoms with van der Waals surface area (Å²) >= 11 is 0. The third-order valence-corrected chi connectivity index (χ3v) is 3.00. The van der Waals surface area contributed by atoms with E-state index >= 15 is 0 Å². The summed E-state index contributed by atoms with van der Waals surface area (Å²) in [6.07, 6.45) is 2.59. The molecule has 4 heteroatoms. The van der Waals surface area contributed by atoms with Crippen LogP contribution in [-0.2, 0) is 9.53 Å². The van der Waals surface area contributed by atoms with Gasteiger partial charge in [0.1, 0.15) is 0 Å². The third kappa shape index (κ3) is 4.62. The minimum absolute atomic E-state index is 0.124. The minimum Gasteiger partial charge on any atom is -0.381 e. The fraction of sp³-hybridized carbons (Fsp3) is 0.909. The van der Waals surface area contributed by atoms with Crippen molar-refractivity contribution in [1.82, 2.24) is 5.32 Å². The number of hydrogen-bond acceptors (Lipinski definition) is 3. The molecule has 0 saturated carbocycles. The van der Waals surface area contributed by atoms with Gasteiger partial charge in [-0.15, -0.1) is 0 Å². The highest BCUT2D eigenvalue weighted by molar-refractivity contribution is 5.76. The first-order valence-corrected chi connectivity index (χ1v) is 5.80. The summed E-state index contributed by atoms with van der Waals surface area (Å²) in [7, 11) is 0. The summed E-state index contributed by atoms with van der Waals surface area (Å²) in [6, 6.07) is 0. The molecule has 1 amide bonds. The molecule has 1 saturated heterocycles. The largest absolute Gasteiger partial charge is 0.381 e. The maximum absolute atomic E-state index is 11.5. The second kappa shape index (κ2) is 6.80. The van der Waals surface area contributed by atoms with E-state index in [1.165, 1.54) is 0 Å². The Balaban J connectivity index is 2.11. The van der Waals surface area contributed by atoms with Crippen LogP contribution in [0.3, 0.4) is 0 Å². The van der Waals surface area contributed by atoms with Gasteiger partial charge in [-0.1, -0.05) is 13.3 Å². The minimum atomic E-state index is 0.124. The molecule has 15 heavy (non-hydrogen) atoms. The smallest absolute Gasteiger partial charge is 0.220 e. The third-order valence-electron chi connectivity index (χ3n) is 3.00. The van der Waals surface area contributed by atoms with E-state index in [9.17, 15) is 4.79 Å². The van der Waals surface area contributed by atoms with E-state index in [4.69, 9.17) is 10.5 Å². The highest BCUT2D eigenvalue weighted by Crippen LogP contribution is 2.11. The van der Waals surface area contributed by atoms with Gasteiger partial charge in [-0.2, -0.15) is 0 Å². The zero-order valence-corrected chi connectivity index (χ0v) is 9.50. The number of nitrogens with two attached hydrogens (primary N) is 1. The molecular weight excluding hydrogens is 192 g/mol. The Kier molecular flexibility index (Phi) is 5.65. The van der Waals surface area contributed by atoms with Crippen molar-refractivity contribution in [3.05, 3.63) is 0 Å². The van der Waals surface area contributed by atoms with Crippen molar-refractivity contribution in [2.75, 3.05) is 26.3 Å². The Morgan fingerprint density at radius 1 is 1.67 bits per heavy atom. The molecule has 3 N–H and O–H groups in total. The first-order valence-electron chi connectivity index (χ1n) is 5.80. The summed E-state index contributed by atoms with van der Waals surface area (Å²) < 4.78 is 5.24. The summed E-state index contributed by atoms with van der Waals surface area (Å²) in [5, 5.41) is 2.95. The number of hydrogen-bond donors (Lipinski definition) is 2. The van der Waals surface area contributed by atoms with Crippen molar-refractivity contribution in [3.63, 3.8) is 0 Å². The van der Waals surface area contributed by atoms with E-state index in [-0.39, 0.29) is 5.91 Å². The molecule has 0 radical (unpaired) electrons. The van der Waals surface area contributed by atoms with E-state index in [0.29, 0.717) is 24.8 Å². The molecule has 0 spiro atoms. The standard InChI is InChI=1S/C11H22N2O2/c1-2-9(6-12)5-11(14)13-7-10-3-4-15-8-10/h9-10H,2-8,12H2,1H3,(H,13,14). The lowest BCUT2D eigenvalue weighted by Gasteiger charge is -2.13. The predicted molar refractivity (Wildman–Crippen MR) is 59.4 cm³/mol. The molecule has 0 aromatic carbocycles. The average Bonchev–Trinajstić information content (AvgIpc) is 2.75. The van der Waals surface area contributed by atoms with Gasteiger partial charge in [0.15, 0.2) is 0 Å². The van der Waals surface area contributed by atoms with E-state index in [0.717, 1.165) is 32.6 Å². The first kappa shape index (κ1) is 12.5. The molecule has 1 heterocycles. The molecule has 4 nitrogen and oxygen atoms in total. The molecule has 1 rings (SSSR count). The molecule has 0 bridgehead atoms. The lowest BCUT2D eigenvalue weighted by molar-refractivity contribution is -0.122. The van der Waals surface area contributed by atoms with E-state index in [2.05, 4.69) is 12.2 Å². The molecule has 2 atom stereocenters. The van der Waals surface area contributed by atoms with Crippen molar-refractivity contribution in [2.24, 2.45) is 17.6 Å². The zero-order valence-electron chi connectivity index (χ0n) is 9.50. The first-order chi connectivity index (χ1) is 7.26. The summed E-state index contributed by atoms with van der Waals surface area (Å²) in [5.41, 5.74) is 5.55. The summed E-state index contributed by atoms with van der Waals surface area (Å²) in [4.78, 5) is 11.5. The number of rotatable bonds is 6. The van der Waals surface area contributed by atoms with E-state index < -0.39 is 0 Å². The molecular formula is C11H22N2O2. The lowest BCUT2D eigenvalue weighted by Crippen LogP contribution is -2.32. The fourth-order valence-electron chi connectivity index (χ4n) is 1.73. The Hall–Kier alpha value is -0.610. The topological polar surface area (TPSA) is 64.4 Å². The zero-order chi connectivity index (χ0) is 11.1. The van der Waals surface area contributed by atoms with Crippen LogP contribution in [0.25, 0.3) is 0 Å². The lowest BCUT2D eigenvalue weighted by atomic mass is 10.0. The molecule has 0 aromatic rings. The Morgan fingerprint density at radius 3 is 3.00 bits per heavy atom. The van der Waals surface area contributed by atoms with Crippen molar-refractivity contribution in [1.29, 1.82) is 0 Å². The monoisotopic (exact) mass is 214 g/mol. The van der Waals surface area contributed by atoms with Gasteiger partial charge in [-0.05, 0) is 18.9 Å². The fourth-order valence-corrected chi connectivity index (χ4v) is 1.73. The van der Waals surface area contributed by atoms with Crippen LogP contribution in [0.2, 0.25) is 0 Å². The Labute approximate surface area is 91.5 Å². The SMILES string of the molecule is CCC(CN)CC(=O)NCC1CCOC1. The average molecular weight is 214 g/mol. The molecule has 2 unspecified atom stereocenters. The van der Waals surface area contributed by atoms with E-state index in [1.807, 2.05) is 0 Å². The maximum Gasteiger partial charge on any atom is 0.220 e. The van der Waals surface area contributed by atoms with Gasteiger partial charge in [0.2, 0.25) is 5.91 Å². The van der Waals surface area contributed by atoms with Crippen LogP contribution in [-0.4, -0.2) is 32.2 Å². The molecule has 1 aliphatic heterocycles. The maximum atomic E-state index is 11.5. The van der Waals surface area contributed by atoms with Crippen LogP contribution in [0, 0.1) is 11.8 Å². The van der Waals surface area contributed by atoms with Gasteiger partial charge in [0.25, 0.3) is 0 Å². The van der Waals surface area contributed by atoms with Gasteiger partial charge in [0.05, 0.1) is 6.61 Å². The van der Waals surface area contributed by atoms with Crippen molar-refractivity contribution >= 4 is 5.91 Å². The van der Waals surface area contributed by atoms with Gasteiger partial charge in [0, 0.05) is 25.5 Å². The predicted octanol–water partition coefficient (Wildman–Crippen LogP) is 0.514. The second-order valence-electron chi connectivity index (χ2n) is 4.25. The molecule has 88 valence electrons. The van der Waals surface area contributed by atoms with Crippen LogP contribution in [0.15, 0.2) is 0 Å². The molecule has 0 aliphatic carbocycles. The van der Waals surface area contributed by atoms with Crippen molar-refractivity contribution in [3.8, 4) is 0 Å². The van der Waals surface area contributed by atoms with Gasteiger partial charge >= 0.3 is 0 Å². The van der Waals surface area contributed by atoms with Gasteiger partial charge in [-0.3, -0.25) is 4.79 Å². The number of amides is 1. The van der Waals surface area contributed by atoms with Gasteiger partial charge < -0.3 is 15.8 Å². The van der Waals surface area contributed by atoms with Crippen LogP contribution in [0.4, 0.5) is 0 Å². The normalized spacial score (nSPS) is 22.7. The van der Waals surface area contributed by atoms with Crippen molar-refractivity contribution in [2.45, 2.75) is 26.2 Å². The van der Waals surface area contributed by atoms with Crippen molar-refractivity contribution < 1.29 is 9.53 Å². The number of carbonyl (C=O) groups is 1. The van der Waals surface area contributed by atoms with E-state index in [1.54, 1.807) is 0 Å². The summed E-state index contributed by atoms with van der Waals surface area (Å²) in [6.45, 7) is 5.03. The molecule has 0 aromatic heterocycles. The number of ether oxygens (including phenoxy) is 1. The van der Waals surface area contributed by atoms with Gasteiger partial charge in [-0.25, -0.2) is 0 Å². The molecule has 1 aliphatic rings. The van der Waals surface area contributed by atoms with Crippen LogP contribution >= 0.6 is 0 Å². The number of nitrogens with one attached hydrogen (secondary N) is 1.